The van der Waals surface area contributed by atoms with E-state index in [-0.39, 0.29) is 11.8 Å². The number of ether oxygens (including phenoxy) is 1. The highest BCUT2D eigenvalue weighted by Gasteiger charge is 2.37. The van der Waals surface area contributed by atoms with Gasteiger partial charge in [0.25, 0.3) is 0 Å². The summed E-state index contributed by atoms with van der Waals surface area (Å²) in [6.45, 7) is 10.3. The van der Waals surface area contributed by atoms with Crippen LogP contribution in [0, 0.1) is 11.8 Å². The zero-order chi connectivity index (χ0) is 17.0. The second kappa shape index (κ2) is 7.61. The normalized spacial score (nSPS) is 32.2. The van der Waals surface area contributed by atoms with E-state index >= 15 is 0 Å². The Morgan fingerprint density at radius 2 is 2.09 bits per heavy atom. The third kappa shape index (κ3) is 5.17. The van der Waals surface area contributed by atoms with Gasteiger partial charge >= 0.3 is 0 Å². The topological polar surface area (TPSA) is 49.7 Å². The van der Waals surface area contributed by atoms with Gasteiger partial charge in [-0.25, -0.2) is 0 Å². The first-order valence-corrected chi connectivity index (χ1v) is 8.51. The lowest BCUT2D eigenvalue weighted by molar-refractivity contribution is -0.149. The van der Waals surface area contributed by atoms with Crippen molar-refractivity contribution in [3.63, 3.8) is 0 Å². The molecule has 1 saturated heterocycles. The zero-order valence-corrected chi connectivity index (χ0v) is 14.6. The molecule has 0 aromatic carbocycles. The van der Waals surface area contributed by atoms with Crippen LogP contribution in [0.25, 0.3) is 0 Å². The summed E-state index contributed by atoms with van der Waals surface area (Å²) in [5.41, 5.74) is 2.83. The zero-order valence-electron chi connectivity index (χ0n) is 14.6. The van der Waals surface area contributed by atoms with E-state index in [2.05, 4.69) is 19.6 Å². The Balaban J connectivity index is 2.26. The number of rotatable bonds is 2. The van der Waals surface area contributed by atoms with Crippen LogP contribution in [0.5, 0.6) is 0 Å². The van der Waals surface area contributed by atoms with Gasteiger partial charge in [-0.05, 0) is 57.9 Å². The maximum absolute atomic E-state index is 10.3. The maximum Gasteiger partial charge on any atom is 0.162 e. The molecule has 2 rings (SSSR count). The van der Waals surface area contributed by atoms with Gasteiger partial charge < -0.3 is 14.9 Å². The molecule has 0 amide bonds. The summed E-state index contributed by atoms with van der Waals surface area (Å²) in [6.07, 6.45) is 11.1. The van der Waals surface area contributed by atoms with Gasteiger partial charge in [0.1, 0.15) is 0 Å². The molecular formula is C20H30O3. The summed E-state index contributed by atoms with van der Waals surface area (Å²) in [7, 11) is 0. The van der Waals surface area contributed by atoms with E-state index in [1.54, 1.807) is 19.9 Å². The molecule has 0 spiro atoms. The predicted octanol–water partition coefficient (Wildman–Crippen LogP) is 3.90. The standard InChI is InChI=1S/C20H30O3/c1-14-7-5-8-15(2)18-17(11-10-14)16(13-23-19(18)21)9-6-12-20(3,4)22/h6-7,9,12,17-19,21-22H,2,5,8,10-11,13H2,1,3-4H3. The fourth-order valence-corrected chi connectivity index (χ4v) is 3.41. The molecule has 3 atom stereocenters. The molecule has 0 aromatic rings. The third-order valence-electron chi connectivity index (χ3n) is 4.73. The molecule has 0 radical (unpaired) electrons. The molecule has 0 aromatic heterocycles. The Morgan fingerprint density at radius 3 is 2.78 bits per heavy atom. The summed E-state index contributed by atoms with van der Waals surface area (Å²) >= 11 is 0. The fourth-order valence-electron chi connectivity index (χ4n) is 3.41. The Labute approximate surface area is 140 Å². The summed E-state index contributed by atoms with van der Waals surface area (Å²) in [5.74, 6) is 0.212. The first kappa shape index (κ1) is 18.2. The van der Waals surface area contributed by atoms with Crippen LogP contribution in [0.4, 0.5) is 0 Å². The first-order chi connectivity index (χ1) is 10.8. The molecule has 3 heteroatoms. The van der Waals surface area contributed by atoms with Crippen LogP contribution >= 0.6 is 0 Å². The summed E-state index contributed by atoms with van der Waals surface area (Å²) in [6, 6.07) is 0. The lowest BCUT2D eigenvalue weighted by Crippen LogP contribution is -2.39. The van der Waals surface area contributed by atoms with Crippen LogP contribution in [0.2, 0.25) is 0 Å². The second-order valence-electron chi connectivity index (χ2n) is 7.37. The van der Waals surface area contributed by atoms with E-state index in [0.717, 1.165) is 31.3 Å². The average molecular weight is 318 g/mol. The highest BCUT2D eigenvalue weighted by atomic mass is 16.6. The minimum absolute atomic E-state index is 0.0372. The third-order valence-corrected chi connectivity index (χ3v) is 4.73. The van der Waals surface area contributed by atoms with E-state index in [0.29, 0.717) is 6.61 Å². The van der Waals surface area contributed by atoms with Gasteiger partial charge in [-0.2, -0.15) is 0 Å². The lowest BCUT2D eigenvalue weighted by Gasteiger charge is -2.38. The highest BCUT2D eigenvalue weighted by Crippen LogP contribution is 2.40. The van der Waals surface area contributed by atoms with Gasteiger partial charge in [-0.1, -0.05) is 42.0 Å². The molecule has 1 aliphatic carbocycles. The summed E-state index contributed by atoms with van der Waals surface area (Å²) in [5, 5.41) is 20.1. The molecule has 3 unspecified atom stereocenters. The minimum Gasteiger partial charge on any atom is -0.386 e. The molecule has 1 fully saturated rings. The molecule has 128 valence electrons. The number of hydrogen-bond acceptors (Lipinski definition) is 3. The van der Waals surface area contributed by atoms with Gasteiger partial charge in [0.15, 0.2) is 6.29 Å². The molecular weight excluding hydrogens is 288 g/mol. The molecule has 3 nitrogen and oxygen atoms in total. The van der Waals surface area contributed by atoms with Crippen molar-refractivity contribution >= 4 is 0 Å². The van der Waals surface area contributed by atoms with Crippen molar-refractivity contribution < 1.29 is 14.9 Å². The predicted molar refractivity (Wildman–Crippen MR) is 93.8 cm³/mol. The van der Waals surface area contributed by atoms with Crippen molar-refractivity contribution in [3.05, 3.63) is 47.6 Å². The van der Waals surface area contributed by atoms with E-state index in [1.165, 1.54) is 11.1 Å². The SMILES string of the molecule is C=C1CCC=C(C)CCC2C(=CC=CC(C)(C)O)COC(O)C12. The van der Waals surface area contributed by atoms with E-state index in [9.17, 15) is 10.2 Å². The molecule has 1 heterocycles. The smallest absolute Gasteiger partial charge is 0.162 e. The van der Waals surface area contributed by atoms with Crippen LogP contribution < -0.4 is 0 Å². The van der Waals surface area contributed by atoms with Crippen LogP contribution in [0.1, 0.15) is 46.5 Å². The average Bonchev–Trinajstić information content (AvgIpc) is 2.51. The van der Waals surface area contributed by atoms with Gasteiger partial charge in [-0.3, -0.25) is 0 Å². The largest absolute Gasteiger partial charge is 0.386 e. The second-order valence-corrected chi connectivity index (χ2v) is 7.37. The minimum atomic E-state index is -0.827. The van der Waals surface area contributed by atoms with E-state index < -0.39 is 11.9 Å². The van der Waals surface area contributed by atoms with Crippen molar-refractivity contribution in [2.75, 3.05) is 6.61 Å². The number of hydrogen-bond donors (Lipinski definition) is 2. The van der Waals surface area contributed by atoms with Crippen LogP contribution in [-0.4, -0.2) is 28.7 Å². The molecule has 2 N–H and O–H groups in total. The van der Waals surface area contributed by atoms with Crippen molar-refractivity contribution in [1.82, 2.24) is 0 Å². The first-order valence-electron chi connectivity index (χ1n) is 8.51. The molecule has 2 aliphatic rings. The molecule has 0 bridgehead atoms. The van der Waals surface area contributed by atoms with Gasteiger partial charge in [0.05, 0.1) is 12.2 Å². The Bertz CT molecular complexity index is 519. The molecule has 0 saturated carbocycles. The quantitative estimate of drug-likeness (QED) is 0.759. The summed E-state index contributed by atoms with van der Waals surface area (Å²) in [4.78, 5) is 0. The molecule has 1 aliphatic heterocycles. The number of fused-ring (bicyclic) bond motifs is 1. The highest BCUT2D eigenvalue weighted by molar-refractivity contribution is 5.25. The van der Waals surface area contributed by atoms with Crippen molar-refractivity contribution in [2.24, 2.45) is 11.8 Å². The van der Waals surface area contributed by atoms with Crippen LogP contribution in [0.3, 0.4) is 0 Å². The van der Waals surface area contributed by atoms with Gasteiger partial charge in [0, 0.05) is 5.92 Å². The van der Waals surface area contributed by atoms with Crippen molar-refractivity contribution in [1.29, 1.82) is 0 Å². The molecule has 23 heavy (non-hydrogen) atoms. The number of allylic oxidation sites excluding steroid dienone is 4. The Hall–Kier alpha value is -1.16. The lowest BCUT2D eigenvalue weighted by atomic mass is 9.75. The van der Waals surface area contributed by atoms with E-state index in [4.69, 9.17) is 4.74 Å². The monoisotopic (exact) mass is 318 g/mol. The van der Waals surface area contributed by atoms with Crippen LogP contribution in [0.15, 0.2) is 47.6 Å². The number of aliphatic hydroxyl groups excluding tert-OH is 1. The fraction of sp³-hybridized carbons (Fsp3) is 0.600. The van der Waals surface area contributed by atoms with Crippen molar-refractivity contribution in [3.8, 4) is 0 Å². The Morgan fingerprint density at radius 1 is 1.35 bits per heavy atom. The number of aliphatic hydroxyl groups is 2. The van der Waals surface area contributed by atoms with Gasteiger partial charge in [0.2, 0.25) is 0 Å². The Kier molecular flexibility index (Phi) is 6.01. The van der Waals surface area contributed by atoms with Crippen molar-refractivity contribution in [2.45, 2.75) is 58.3 Å². The summed E-state index contributed by atoms with van der Waals surface area (Å²) < 4.78 is 5.59. The van der Waals surface area contributed by atoms with Crippen LogP contribution in [-0.2, 0) is 4.74 Å². The van der Waals surface area contributed by atoms with E-state index in [1.807, 2.05) is 12.2 Å². The van der Waals surface area contributed by atoms with Gasteiger partial charge in [-0.15, -0.1) is 0 Å². The maximum atomic E-state index is 10.3.